The minimum Gasteiger partial charge on any atom is -0.320 e. The number of nitro benzene ring substituents is 1. The van der Waals surface area contributed by atoms with Gasteiger partial charge in [-0.25, -0.2) is 0 Å². The van der Waals surface area contributed by atoms with E-state index < -0.39 is 10.3 Å². The van der Waals surface area contributed by atoms with Crippen LogP contribution in [0.5, 0.6) is 0 Å². The Bertz CT molecular complexity index is 519. The van der Waals surface area contributed by atoms with Crippen LogP contribution in [0.4, 0.5) is 11.4 Å². The number of piperidine rings is 1. The molecule has 114 valence electrons. The Morgan fingerprint density at radius 2 is 2.24 bits per heavy atom. The summed E-state index contributed by atoms with van der Waals surface area (Å²) in [5.74, 6) is -0.120. The maximum absolute atomic E-state index is 12.7. The molecule has 1 heterocycles. The zero-order valence-electron chi connectivity index (χ0n) is 12.2. The Kier molecular flexibility index (Phi) is 4.90. The van der Waals surface area contributed by atoms with E-state index in [1.165, 1.54) is 6.07 Å². The van der Waals surface area contributed by atoms with Crippen molar-refractivity contribution in [2.75, 3.05) is 18.4 Å². The number of hydrogen-bond acceptors (Lipinski definition) is 4. The van der Waals surface area contributed by atoms with Gasteiger partial charge in [0.1, 0.15) is 5.69 Å². The molecule has 1 aliphatic heterocycles. The third kappa shape index (κ3) is 3.39. The highest BCUT2D eigenvalue weighted by Gasteiger charge is 2.39. The number of nitro groups is 1. The van der Waals surface area contributed by atoms with E-state index in [-0.39, 0.29) is 17.3 Å². The van der Waals surface area contributed by atoms with E-state index >= 15 is 0 Å². The van der Waals surface area contributed by atoms with Crippen molar-refractivity contribution in [3.8, 4) is 0 Å². The molecule has 1 aliphatic rings. The second kappa shape index (κ2) is 6.67. The normalized spacial score (nSPS) is 21.8. The molecule has 1 saturated heterocycles. The fourth-order valence-corrected chi connectivity index (χ4v) is 2.96. The van der Waals surface area contributed by atoms with Gasteiger partial charge in [0.15, 0.2) is 0 Å². The molecule has 0 aromatic heterocycles. The maximum Gasteiger partial charge on any atom is 0.292 e. The van der Waals surface area contributed by atoms with Gasteiger partial charge in [0.25, 0.3) is 5.69 Å². The third-order valence-corrected chi connectivity index (χ3v) is 4.03. The number of nitrogens with zero attached hydrogens (tertiary/aromatic N) is 1. The molecule has 1 fully saturated rings. The van der Waals surface area contributed by atoms with Gasteiger partial charge in [0.2, 0.25) is 5.91 Å². The van der Waals surface area contributed by atoms with Crippen molar-refractivity contribution in [1.82, 2.24) is 5.32 Å². The quantitative estimate of drug-likeness (QED) is 0.645. The summed E-state index contributed by atoms with van der Waals surface area (Å²) >= 11 is 0. The van der Waals surface area contributed by atoms with Gasteiger partial charge in [0, 0.05) is 12.6 Å². The summed E-state index contributed by atoms with van der Waals surface area (Å²) in [5, 5.41) is 17.1. The summed E-state index contributed by atoms with van der Waals surface area (Å²) in [6.45, 7) is 3.60. The lowest BCUT2D eigenvalue weighted by Crippen LogP contribution is -2.48. The minimum absolute atomic E-state index is 0.0683. The predicted octanol–water partition coefficient (Wildman–Crippen LogP) is 2.70. The highest BCUT2D eigenvalue weighted by Crippen LogP contribution is 2.34. The lowest BCUT2D eigenvalue weighted by molar-refractivity contribution is -0.383. The Hall–Kier alpha value is -1.95. The van der Waals surface area contributed by atoms with Crippen LogP contribution >= 0.6 is 0 Å². The van der Waals surface area contributed by atoms with Gasteiger partial charge in [0.05, 0.1) is 10.3 Å². The lowest BCUT2D eigenvalue weighted by Gasteiger charge is -2.36. The Morgan fingerprint density at radius 3 is 2.86 bits per heavy atom. The molecule has 0 bridgehead atoms. The van der Waals surface area contributed by atoms with Gasteiger partial charge in [-0.2, -0.15) is 0 Å². The van der Waals surface area contributed by atoms with Crippen LogP contribution in [-0.4, -0.2) is 23.9 Å². The first-order chi connectivity index (χ1) is 10.1. The molecule has 0 saturated carbocycles. The first-order valence-electron chi connectivity index (χ1n) is 7.35. The topological polar surface area (TPSA) is 84.3 Å². The summed E-state index contributed by atoms with van der Waals surface area (Å²) in [7, 11) is 0. The monoisotopic (exact) mass is 291 g/mol. The van der Waals surface area contributed by atoms with Gasteiger partial charge >= 0.3 is 0 Å². The molecular formula is C15H21N3O3. The average Bonchev–Trinajstić information content (AvgIpc) is 2.49. The smallest absolute Gasteiger partial charge is 0.292 e. The van der Waals surface area contributed by atoms with Crippen molar-refractivity contribution < 1.29 is 9.72 Å². The molecule has 1 atom stereocenters. The number of hydrogen-bond donors (Lipinski definition) is 2. The molecule has 0 spiro atoms. The molecule has 2 N–H and O–H groups in total. The Balaban J connectivity index is 2.21. The molecule has 21 heavy (non-hydrogen) atoms. The van der Waals surface area contributed by atoms with Gasteiger partial charge < -0.3 is 10.6 Å². The van der Waals surface area contributed by atoms with Crippen molar-refractivity contribution in [3.05, 3.63) is 34.4 Å². The molecule has 1 unspecified atom stereocenters. The van der Waals surface area contributed by atoms with Gasteiger partial charge in [-0.15, -0.1) is 0 Å². The molecule has 1 aromatic carbocycles. The van der Waals surface area contributed by atoms with Crippen molar-refractivity contribution in [3.63, 3.8) is 0 Å². The molecule has 0 radical (unpaired) electrons. The van der Waals surface area contributed by atoms with Crippen LogP contribution in [0.3, 0.4) is 0 Å². The van der Waals surface area contributed by atoms with Crippen LogP contribution in [0.1, 0.15) is 32.6 Å². The van der Waals surface area contributed by atoms with E-state index in [9.17, 15) is 14.9 Å². The van der Waals surface area contributed by atoms with E-state index in [0.29, 0.717) is 6.54 Å². The fraction of sp³-hybridized carbons (Fsp3) is 0.533. The molecule has 6 heteroatoms. The van der Waals surface area contributed by atoms with Crippen LogP contribution in [0.25, 0.3) is 0 Å². The molecule has 0 aliphatic carbocycles. The SMILES string of the molecule is CCCC1(C(=O)Nc2ccccc2[N+](=O)[O-])CCCNC1. The number of para-hydroxylation sites is 2. The summed E-state index contributed by atoms with van der Waals surface area (Å²) in [6.07, 6.45) is 3.46. The van der Waals surface area contributed by atoms with Crippen molar-refractivity contribution in [2.24, 2.45) is 5.41 Å². The van der Waals surface area contributed by atoms with E-state index in [0.717, 1.165) is 32.2 Å². The van der Waals surface area contributed by atoms with Crippen LogP contribution in [0.2, 0.25) is 0 Å². The largest absolute Gasteiger partial charge is 0.320 e. The first kappa shape index (κ1) is 15.4. The molecule has 2 rings (SSSR count). The summed E-state index contributed by atoms with van der Waals surface area (Å²) in [4.78, 5) is 23.2. The van der Waals surface area contributed by atoms with Crippen molar-refractivity contribution in [1.29, 1.82) is 0 Å². The van der Waals surface area contributed by atoms with Gasteiger partial charge in [-0.1, -0.05) is 25.5 Å². The zero-order chi connectivity index (χ0) is 15.3. The van der Waals surface area contributed by atoms with E-state index in [2.05, 4.69) is 17.6 Å². The van der Waals surface area contributed by atoms with E-state index in [1.54, 1.807) is 18.2 Å². The van der Waals surface area contributed by atoms with Crippen LogP contribution in [-0.2, 0) is 4.79 Å². The fourth-order valence-electron chi connectivity index (χ4n) is 2.96. The van der Waals surface area contributed by atoms with Crippen molar-refractivity contribution >= 4 is 17.3 Å². The number of carbonyl (C=O) groups is 1. The van der Waals surface area contributed by atoms with Crippen LogP contribution in [0.15, 0.2) is 24.3 Å². The number of anilines is 1. The minimum atomic E-state index is -0.471. The maximum atomic E-state index is 12.7. The summed E-state index contributed by atoms with van der Waals surface area (Å²) in [5.41, 5.74) is -0.258. The second-order valence-corrected chi connectivity index (χ2v) is 5.54. The average molecular weight is 291 g/mol. The second-order valence-electron chi connectivity index (χ2n) is 5.54. The number of rotatable bonds is 5. The number of nitrogens with one attached hydrogen (secondary N) is 2. The molecule has 1 aromatic rings. The zero-order valence-corrected chi connectivity index (χ0v) is 12.2. The summed E-state index contributed by atoms with van der Waals surface area (Å²) < 4.78 is 0. The number of amides is 1. The molecular weight excluding hydrogens is 270 g/mol. The van der Waals surface area contributed by atoms with E-state index in [1.807, 2.05) is 0 Å². The highest BCUT2D eigenvalue weighted by molar-refractivity contribution is 5.97. The third-order valence-electron chi connectivity index (χ3n) is 4.03. The lowest BCUT2D eigenvalue weighted by atomic mass is 9.76. The standard InChI is InChI=1S/C15H21N3O3/c1-2-8-15(9-5-10-16-11-15)14(19)17-12-6-3-4-7-13(12)18(20)21/h3-4,6-7,16H,2,5,8-11H2,1H3,(H,17,19). The Labute approximate surface area is 124 Å². The number of benzene rings is 1. The van der Waals surface area contributed by atoms with Crippen molar-refractivity contribution in [2.45, 2.75) is 32.6 Å². The molecule has 1 amide bonds. The van der Waals surface area contributed by atoms with Crippen LogP contribution in [0, 0.1) is 15.5 Å². The Morgan fingerprint density at radius 1 is 1.48 bits per heavy atom. The predicted molar refractivity (Wildman–Crippen MR) is 81.2 cm³/mol. The van der Waals surface area contributed by atoms with Gasteiger partial charge in [-0.05, 0) is 31.9 Å². The number of carbonyl (C=O) groups excluding carboxylic acids is 1. The van der Waals surface area contributed by atoms with Crippen LogP contribution < -0.4 is 10.6 Å². The first-order valence-corrected chi connectivity index (χ1v) is 7.35. The van der Waals surface area contributed by atoms with E-state index in [4.69, 9.17) is 0 Å². The summed E-state index contributed by atoms with van der Waals surface area (Å²) in [6, 6.07) is 6.26. The highest BCUT2D eigenvalue weighted by atomic mass is 16.6. The molecule has 6 nitrogen and oxygen atoms in total. The van der Waals surface area contributed by atoms with Gasteiger partial charge in [-0.3, -0.25) is 14.9 Å².